The molecule has 4 rings (SSSR count). The second-order valence-corrected chi connectivity index (χ2v) is 5.99. The van der Waals surface area contributed by atoms with Crippen LogP contribution in [0.25, 0.3) is 0 Å². The van der Waals surface area contributed by atoms with Crippen molar-refractivity contribution in [3.8, 4) is 0 Å². The van der Waals surface area contributed by atoms with Crippen LogP contribution in [0.15, 0.2) is 30.3 Å². The molecule has 3 aliphatic rings. The molecule has 3 saturated heterocycles. The molecule has 0 aliphatic carbocycles. The maximum atomic E-state index is 10.4. The zero-order valence-corrected chi connectivity index (χ0v) is 12.5. The lowest BCUT2D eigenvalue weighted by molar-refractivity contribution is -0.361. The summed E-state index contributed by atoms with van der Waals surface area (Å²) in [5.41, 5.74) is 0.858. The van der Waals surface area contributed by atoms with Gasteiger partial charge < -0.3 is 33.9 Å². The topological polar surface area (TPSA) is 89.9 Å². The molecule has 0 spiro atoms. The smallest absolute Gasteiger partial charge is 0.186 e. The van der Waals surface area contributed by atoms with Crippen LogP contribution in [0.2, 0.25) is 0 Å². The Labute approximate surface area is 133 Å². The van der Waals surface area contributed by atoms with Crippen LogP contribution in [0, 0.1) is 0 Å². The quantitative estimate of drug-likeness (QED) is 0.751. The van der Waals surface area contributed by atoms with Gasteiger partial charge in [0.15, 0.2) is 12.6 Å². The summed E-state index contributed by atoms with van der Waals surface area (Å²) in [6.07, 6.45) is -4.86. The third kappa shape index (κ3) is 3.27. The molecule has 3 heterocycles. The number of hydrogen-bond acceptors (Lipinski definition) is 7. The Bertz CT molecular complexity index is 518. The minimum atomic E-state index is -1.18. The molecule has 0 unspecified atom stereocenters. The van der Waals surface area contributed by atoms with Crippen molar-refractivity contribution in [3.63, 3.8) is 0 Å². The van der Waals surface area contributed by atoms with Gasteiger partial charge in [0.05, 0.1) is 19.8 Å². The Kier molecular flexibility index (Phi) is 4.33. The van der Waals surface area contributed by atoms with E-state index >= 15 is 0 Å². The van der Waals surface area contributed by atoms with Crippen LogP contribution >= 0.6 is 0 Å². The molecule has 7 nitrogen and oxygen atoms in total. The van der Waals surface area contributed by atoms with Gasteiger partial charge in [0, 0.05) is 5.56 Å². The molecule has 7 atom stereocenters. The molecule has 23 heavy (non-hydrogen) atoms. The molecule has 0 amide bonds. The molecule has 1 aromatic carbocycles. The largest absolute Gasteiger partial charge is 0.387 e. The Hall–Kier alpha value is -1.06. The molecule has 3 fully saturated rings. The van der Waals surface area contributed by atoms with Gasteiger partial charge in [-0.05, 0) is 0 Å². The molecule has 0 bridgehead atoms. The van der Waals surface area contributed by atoms with Crippen LogP contribution in [0.5, 0.6) is 0 Å². The number of aliphatic hydroxyl groups is 2. The molecule has 7 heteroatoms. The van der Waals surface area contributed by atoms with Crippen LogP contribution in [-0.4, -0.2) is 66.8 Å². The zero-order valence-electron chi connectivity index (χ0n) is 12.5. The highest BCUT2D eigenvalue weighted by molar-refractivity contribution is 5.16. The maximum Gasteiger partial charge on any atom is 0.186 e. The minimum Gasteiger partial charge on any atom is -0.387 e. The van der Waals surface area contributed by atoms with Gasteiger partial charge in [-0.25, -0.2) is 0 Å². The summed E-state index contributed by atoms with van der Waals surface area (Å²) in [5.74, 6) is 0. The Morgan fingerprint density at radius 3 is 2.52 bits per heavy atom. The molecule has 3 aliphatic heterocycles. The monoisotopic (exact) mass is 324 g/mol. The average molecular weight is 324 g/mol. The lowest BCUT2D eigenvalue weighted by Gasteiger charge is -2.46. The van der Waals surface area contributed by atoms with Crippen LogP contribution in [0.1, 0.15) is 11.9 Å². The predicted octanol–water partition coefficient (Wildman–Crippen LogP) is -0.0373. The molecule has 0 radical (unpaired) electrons. The lowest BCUT2D eigenvalue weighted by Crippen LogP contribution is -2.62. The van der Waals surface area contributed by atoms with Crippen molar-refractivity contribution in [1.29, 1.82) is 0 Å². The first-order chi connectivity index (χ1) is 11.2. The van der Waals surface area contributed by atoms with Crippen LogP contribution < -0.4 is 0 Å². The third-order valence-electron chi connectivity index (χ3n) is 4.25. The van der Waals surface area contributed by atoms with Crippen molar-refractivity contribution in [2.24, 2.45) is 0 Å². The van der Waals surface area contributed by atoms with Gasteiger partial charge in [0.25, 0.3) is 0 Å². The van der Waals surface area contributed by atoms with Crippen molar-refractivity contribution in [3.05, 3.63) is 35.9 Å². The van der Waals surface area contributed by atoms with Gasteiger partial charge in [-0.1, -0.05) is 30.3 Å². The summed E-state index contributed by atoms with van der Waals surface area (Å²) in [4.78, 5) is 0. The second-order valence-electron chi connectivity index (χ2n) is 5.99. The molecule has 0 saturated carbocycles. The van der Waals surface area contributed by atoms with E-state index in [4.69, 9.17) is 23.7 Å². The Balaban J connectivity index is 1.41. The normalized spacial score (nSPS) is 43.0. The molecule has 2 N–H and O–H groups in total. The summed E-state index contributed by atoms with van der Waals surface area (Å²) in [5, 5.41) is 20.6. The van der Waals surface area contributed by atoms with Gasteiger partial charge in [0.2, 0.25) is 0 Å². The summed E-state index contributed by atoms with van der Waals surface area (Å²) in [6.45, 7) is 1.25. The third-order valence-corrected chi connectivity index (χ3v) is 4.25. The molecular formula is C16H20O7. The van der Waals surface area contributed by atoms with E-state index in [9.17, 15) is 10.2 Å². The van der Waals surface area contributed by atoms with Crippen molar-refractivity contribution in [1.82, 2.24) is 0 Å². The number of aliphatic hydroxyl groups excluding tert-OH is 2. The molecule has 1 aromatic rings. The van der Waals surface area contributed by atoms with Gasteiger partial charge in [-0.15, -0.1) is 0 Å². The highest BCUT2D eigenvalue weighted by Crippen LogP contribution is 2.34. The standard InChI is InChI=1S/C16H20O7/c17-12-13(18)16(20-7-10-6-19-10)22-11-8-21-15(23-14(11)12)9-4-2-1-3-5-9/h1-5,10-18H,6-8H2/t10-,11-,12-,13-,14+,15+,16-/m1/s1. The number of benzene rings is 1. The number of epoxide rings is 1. The molecule has 0 aromatic heterocycles. The van der Waals surface area contributed by atoms with E-state index in [2.05, 4.69) is 0 Å². The van der Waals surface area contributed by atoms with Gasteiger partial charge >= 0.3 is 0 Å². The van der Waals surface area contributed by atoms with Gasteiger partial charge in [-0.3, -0.25) is 0 Å². The first-order valence-corrected chi connectivity index (χ1v) is 7.79. The van der Waals surface area contributed by atoms with E-state index in [1.807, 2.05) is 30.3 Å². The SMILES string of the molecule is O[C@@H]1[C@@H](O)[C@H](OC[C@H]2CO2)O[C@@H]2CO[C@H](c3ccccc3)O[C@H]12. The summed E-state index contributed by atoms with van der Waals surface area (Å²) >= 11 is 0. The van der Waals surface area contributed by atoms with E-state index in [-0.39, 0.29) is 12.7 Å². The summed E-state index contributed by atoms with van der Waals surface area (Å²) in [6, 6.07) is 9.46. The fourth-order valence-electron chi connectivity index (χ4n) is 2.86. The highest BCUT2D eigenvalue weighted by atomic mass is 16.8. The maximum absolute atomic E-state index is 10.4. The second kappa shape index (κ2) is 6.45. The number of hydrogen-bond donors (Lipinski definition) is 2. The van der Waals surface area contributed by atoms with Gasteiger partial charge in [-0.2, -0.15) is 0 Å². The number of rotatable bonds is 4. The Morgan fingerprint density at radius 1 is 1.00 bits per heavy atom. The first kappa shape index (κ1) is 15.5. The van der Waals surface area contributed by atoms with E-state index in [0.29, 0.717) is 13.2 Å². The van der Waals surface area contributed by atoms with E-state index in [1.165, 1.54) is 0 Å². The summed E-state index contributed by atoms with van der Waals surface area (Å²) in [7, 11) is 0. The van der Waals surface area contributed by atoms with Gasteiger partial charge in [0.1, 0.15) is 30.5 Å². The van der Waals surface area contributed by atoms with E-state index in [0.717, 1.165) is 5.56 Å². The Morgan fingerprint density at radius 2 is 1.78 bits per heavy atom. The summed E-state index contributed by atoms with van der Waals surface area (Å²) < 4.78 is 27.7. The first-order valence-electron chi connectivity index (χ1n) is 7.79. The fraction of sp³-hybridized carbons (Fsp3) is 0.625. The molecular weight excluding hydrogens is 304 g/mol. The zero-order chi connectivity index (χ0) is 15.8. The van der Waals surface area contributed by atoms with Crippen molar-refractivity contribution in [2.75, 3.05) is 19.8 Å². The van der Waals surface area contributed by atoms with Crippen molar-refractivity contribution >= 4 is 0 Å². The average Bonchev–Trinajstić information content (AvgIpc) is 3.42. The van der Waals surface area contributed by atoms with E-state index in [1.54, 1.807) is 0 Å². The predicted molar refractivity (Wildman–Crippen MR) is 76.4 cm³/mol. The molecule has 126 valence electrons. The number of ether oxygens (including phenoxy) is 5. The minimum absolute atomic E-state index is 0.0574. The number of fused-ring (bicyclic) bond motifs is 1. The van der Waals surface area contributed by atoms with Crippen LogP contribution in [0.3, 0.4) is 0 Å². The van der Waals surface area contributed by atoms with Crippen molar-refractivity contribution < 1.29 is 33.9 Å². The highest BCUT2D eigenvalue weighted by Gasteiger charge is 2.49. The van der Waals surface area contributed by atoms with Crippen molar-refractivity contribution in [2.45, 2.75) is 43.1 Å². The lowest BCUT2D eigenvalue weighted by atomic mass is 9.98. The van der Waals surface area contributed by atoms with Crippen LogP contribution in [-0.2, 0) is 23.7 Å². The fourth-order valence-corrected chi connectivity index (χ4v) is 2.86. The van der Waals surface area contributed by atoms with Crippen LogP contribution in [0.4, 0.5) is 0 Å². The van der Waals surface area contributed by atoms with E-state index < -0.39 is 37.0 Å².